The van der Waals surface area contributed by atoms with Crippen LogP contribution in [-0.4, -0.2) is 17.7 Å². The van der Waals surface area contributed by atoms with E-state index in [1.807, 2.05) is 6.07 Å². The highest BCUT2D eigenvalue weighted by atomic mass is 16.5. The zero-order valence-corrected chi connectivity index (χ0v) is 17.1. The molecule has 3 atom stereocenters. The molecule has 1 saturated carbocycles. The first-order valence-electron chi connectivity index (χ1n) is 9.66. The van der Waals surface area contributed by atoms with Crippen LogP contribution in [0.4, 0.5) is 0 Å². The van der Waals surface area contributed by atoms with Crippen LogP contribution in [0.5, 0.6) is 11.5 Å². The van der Waals surface area contributed by atoms with Crippen molar-refractivity contribution in [2.75, 3.05) is 0 Å². The van der Waals surface area contributed by atoms with Gasteiger partial charge >= 0.3 is 11.9 Å². The largest absolute Gasteiger partial charge is 0.426 e. The predicted octanol–water partition coefficient (Wildman–Crippen LogP) is 4.92. The van der Waals surface area contributed by atoms with Crippen LogP contribution in [0.1, 0.15) is 82.6 Å². The molecular weight excluding hydrogens is 344 g/mol. The molecule has 0 heterocycles. The maximum atomic E-state index is 12.4. The van der Waals surface area contributed by atoms with Crippen LogP contribution in [0, 0.1) is 17.8 Å². The molecule has 1 aliphatic carbocycles. The van der Waals surface area contributed by atoms with Crippen molar-refractivity contribution in [3.8, 4) is 11.5 Å². The summed E-state index contributed by atoms with van der Waals surface area (Å²) in [7, 11) is 0. The lowest BCUT2D eigenvalue weighted by Crippen LogP contribution is -2.27. The lowest BCUT2D eigenvalue weighted by atomic mass is 9.67. The number of ketones is 1. The summed E-state index contributed by atoms with van der Waals surface area (Å²) < 4.78 is 10.7. The van der Waals surface area contributed by atoms with Crippen molar-refractivity contribution in [3.05, 3.63) is 23.3 Å². The zero-order valence-electron chi connectivity index (χ0n) is 17.1. The van der Waals surface area contributed by atoms with Crippen molar-refractivity contribution < 1.29 is 23.9 Å². The van der Waals surface area contributed by atoms with Crippen LogP contribution in [-0.2, 0) is 9.59 Å². The van der Waals surface area contributed by atoms with E-state index in [4.69, 9.17) is 9.47 Å². The standard InChI is InChI=1S/C22H30O5/c1-12(2)17-8-7-13(3)11-19(17)18-9-10-20(26-15(5)24)21(14(4)23)22(18)27-16(6)25/h9-10,12-13,17,19H,7-8,11H2,1-6H3/t13?,17-,19+/m1/s1. The molecule has 1 unspecified atom stereocenters. The quantitative estimate of drug-likeness (QED) is 0.416. The molecule has 0 radical (unpaired) electrons. The SMILES string of the molecule is CC(=O)Oc1ccc([C@H]2CC(C)CC[C@@H]2C(C)C)c(OC(C)=O)c1C(C)=O. The van der Waals surface area contributed by atoms with Gasteiger partial charge in [0.1, 0.15) is 17.1 Å². The van der Waals surface area contributed by atoms with Gasteiger partial charge in [0.2, 0.25) is 0 Å². The molecule has 27 heavy (non-hydrogen) atoms. The maximum absolute atomic E-state index is 12.4. The smallest absolute Gasteiger partial charge is 0.308 e. The van der Waals surface area contributed by atoms with Gasteiger partial charge in [-0.15, -0.1) is 0 Å². The number of hydrogen-bond donors (Lipinski definition) is 0. The molecule has 1 fully saturated rings. The first-order valence-corrected chi connectivity index (χ1v) is 9.66. The number of ether oxygens (including phenoxy) is 2. The van der Waals surface area contributed by atoms with Crippen molar-refractivity contribution in [2.24, 2.45) is 17.8 Å². The number of benzene rings is 1. The second-order valence-electron chi connectivity index (χ2n) is 8.03. The van der Waals surface area contributed by atoms with E-state index in [2.05, 4.69) is 20.8 Å². The molecule has 5 heteroatoms. The summed E-state index contributed by atoms with van der Waals surface area (Å²) >= 11 is 0. The van der Waals surface area contributed by atoms with E-state index in [0.717, 1.165) is 18.4 Å². The number of rotatable bonds is 5. The molecule has 0 amide bonds. The minimum Gasteiger partial charge on any atom is -0.426 e. The Bertz CT molecular complexity index is 734. The molecule has 1 aromatic carbocycles. The Hall–Kier alpha value is -2.17. The first kappa shape index (κ1) is 21.1. The molecule has 0 saturated heterocycles. The van der Waals surface area contributed by atoms with Crippen molar-refractivity contribution in [2.45, 2.75) is 66.7 Å². The molecule has 0 bridgehead atoms. The summed E-state index contributed by atoms with van der Waals surface area (Å²) in [6.45, 7) is 10.6. The summed E-state index contributed by atoms with van der Waals surface area (Å²) in [6, 6.07) is 3.50. The Morgan fingerprint density at radius 1 is 1.00 bits per heavy atom. The van der Waals surface area contributed by atoms with E-state index in [0.29, 0.717) is 17.8 Å². The molecular formula is C22H30O5. The summed E-state index contributed by atoms with van der Waals surface area (Å²) in [5, 5.41) is 0. The summed E-state index contributed by atoms with van der Waals surface area (Å²) in [4.78, 5) is 35.6. The second kappa shape index (κ2) is 8.68. The molecule has 1 aromatic rings. The fourth-order valence-electron chi connectivity index (χ4n) is 4.26. The van der Waals surface area contributed by atoms with Gasteiger partial charge < -0.3 is 9.47 Å². The number of hydrogen-bond acceptors (Lipinski definition) is 5. The van der Waals surface area contributed by atoms with Crippen LogP contribution in [0.3, 0.4) is 0 Å². The predicted molar refractivity (Wildman–Crippen MR) is 103 cm³/mol. The van der Waals surface area contributed by atoms with Crippen molar-refractivity contribution >= 4 is 17.7 Å². The van der Waals surface area contributed by atoms with E-state index in [9.17, 15) is 14.4 Å². The van der Waals surface area contributed by atoms with E-state index in [-0.39, 0.29) is 28.8 Å². The van der Waals surface area contributed by atoms with Crippen LogP contribution < -0.4 is 9.47 Å². The van der Waals surface area contributed by atoms with Crippen molar-refractivity contribution in [1.82, 2.24) is 0 Å². The Morgan fingerprint density at radius 2 is 1.63 bits per heavy atom. The fourth-order valence-corrected chi connectivity index (χ4v) is 4.26. The monoisotopic (exact) mass is 374 g/mol. The molecule has 0 spiro atoms. The summed E-state index contributed by atoms with van der Waals surface area (Å²) in [5.41, 5.74) is 1.02. The number of carbonyl (C=O) groups excluding carboxylic acids is 3. The van der Waals surface area contributed by atoms with Crippen molar-refractivity contribution in [3.63, 3.8) is 0 Å². The van der Waals surface area contributed by atoms with Gasteiger partial charge in [-0.05, 0) is 55.1 Å². The zero-order chi connectivity index (χ0) is 20.3. The average molecular weight is 374 g/mol. The third-order valence-electron chi connectivity index (χ3n) is 5.42. The van der Waals surface area contributed by atoms with E-state index >= 15 is 0 Å². The second-order valence-corrected chi connectivity index (χ2v) is 8.03. The molecule has 148 valence electrons. The van der Waals surface area contributed by atoms with Crippen LogP contribution >= 0.6 is 0 Å². The van der Waals surface area contributed by atoms with Gasteiger partial charge in [-0.25, -0.2) is 0 Å². The van der Waals surface area contributed by atoms with E-state index in [1.165, 1.54) is 27.2 Å². The van der Waals surface area contributed by atoms with Gasteiger partial charge in [-0.1, -0.05) is 33.3 Å². The van der Waals surface area contributed by atoms with E-state index in [1.54, 1.807) is 6.07 Å². The molecule has 1 aliphatic rings. The maximum Gasteiger partial charge on any atom is 0.308 e. The normalized spacial score (nSPS) is 22.4. The minimum absolute atomic E-state index is 0.139. The van der Waals surface area contributed by atoms with Crippen LogP contribution in [0.25, 0.3) is 0 Å². The highest BCUT2D eigenvalue weighted by Gasteiger charge is 2.35. The van der Waals surface area contributed by atoms with Crippen molar-refractivity contribution in [1.29, 1.82) is 0 Å². The highest BCUT2D eigenvalue weighted by molar-refractivity contribution is 6.01. The Labute approximate surface area is 161 Å². The van der Waals surface area contributed by atoms with Crippen LogP contribution in [0.2, 0.25) is 0 Å². The van der Waals surface area contributed by atoms with Gasteiger partial charge in [0, 0.05) is 13.8 Å². The summed E-state index contributed by atoms with van der Waals surface area (Å²) in [5.74, 6) is 0.731. The van der Waals surface area contributed by atoms with Gasteiger partial charge in [0.15, 0.2) is 5.78 Å². The van der Waals surface area contributed by atoms with Gasteiger partial charge in [0.05, 0.1) is 0 Å². The lowest BCUT2D eigenvalue weighted by molar-refractivity contribution is -0.132. The molecule has 5 nitrogen and oxygen atoms in total. The topological polar surface area (TPSA) is 69.7 Å². The van der Waals surface area contributed by atoms with Gasteiger partial charge in [-0.3, -0.25) is 14.4 Å². The number of carbonyl (C=O) groups is 3. The highest BCUT2D eigenvalue weighted by Crippen LogP contribution is 2.48. The summed E-state index contributed by atoms with van der Waals surface area (Å²) in [6.07, 6.45) is 3.25. The lowest BCUT2D eigenvalue weighted by Gasteiger charge is -2.38. The molecule has 2 rings (SSSR count). The number of esters is 2. The van der Waals surface area contributed by atoms with Crippen LogP contribution in [0.15, 0.2) is 12.1 Å². The third kappa shape index (κ3) is 4.96. The Kier molecular flexibility index (Phi) is 6.79. The van der Waals surface area contributed by atoms with E-state index < -0.39 is 11.9 Å². The Morgan fingerprint density at radius 3 is 2.15 bits per heavy atom. The first-order chi connectivity index (χ1) is 12.6. The average Bonchev–Trinajstić information content (AvgIpc) is 2.53. The minimum atomic E-state index is -0.523. The van der Waals surface area contributed by atoms with Gasteiger partial charge in [0.25, 0.3) is 0 Å². The molecule has 0 aliphatic heterocycles. The third-order valence-corrected chi connectivity index (χ3v) is 5.42. The van der Waals surface area contributed by atoms with Gasteiger partial charge in [-0.2, -0.15) is 0 Å². The number of Topliss-reactive ketones (excluding diaryl/α,β-unsaturated/α-hetero) is 1. The molecule has 0 aromatic heterocycles. The molecule has 0 N–H and O–H groups in total. The fraction of sp³-hybridized carbons (Fsp3) is 0.591. The Balaban J connectivity index is 2.66.